The Hall–Kier alpha value is -5.45. The smallest absolute Gasteiger partial charge is 0.408 e. The van der Waals surface area contributed by atoms with Gasteiger partial charge in [0.1, 0.15) is 35.6 Å². The number of aromatic nitrogens is 1. The number of hydrogen-bond acceptors (Lipinski definition) is 11. The molecule has 66 heavy (non-hydrogen) atoms. The molecular weight excluding hydrogens is 870 g/mol. The average molecular weight is 936 g/mol. The molecule has 360 valence electrons. The third kappa shape index (κ3) is 9.68. The number of rotatable bonds is 11. The van der Waals surface area contributed by atoms with Crippen LogP contribution >= 0.6 is 0 Å². The number of nitrogens with zero attached hydrogens (tertiary/aromatic N) is 2. The second kappa shape index (κ2) is 18.0. The van der Waals surface area contributed by atoms with E-state index in [9.17, 15) is 22.8 Å². The van der Waals surface area contributed by atoms with Gasteiger partial charge in [-0.15, -0.1) is 0 Å². The summed E-state index contributed by atoms with van der Waals surface area (Å²) in [5.74, 6) is -1.57. The first kappa shape index (κ1) is 45.7. The molecule has 0 radical (unpaired) electrons. The maximum atomic E-state index is 15.5. The summed E-state index contributed by atoms with van der Waals surface area (Å²) in [4.78, 5) is 63.8. The number of pyridine rings is 1. The van der Waals surface area contributed by atoms with Crippen LogP contribution in [0.15, 0.2) is 54.6 Å². The van der Waals surface area contributed by atoms with Crippen molar-refractivity contribution in [2.75, 3.05) is 13.7 Å². The van der Waals surface area contributed by atoms with E-state index in [1.165, 1.54) is 18.1 Å². The van der Waals surface area contributed by atoms with Crippen LogP contribution in [0.3, 0.4) is 0 Å². The van der Waals surface area contributed by atoms with E-state index in [0.717, 1.165) is 25.7 Å². The lowest BCUT2D eigenvalue weighted by atomic mass is 9.88. The molecule has 6 aliphatic rings. The summed E-state index contributed by atoms with van der Waals surface area (Å²) >= 11 is 0. The van der Waals surface area contributed by atoms with Crippen LogP contribution in [0.2, 0.25) is 0 Å². The molecular formula is C49H66FN5O10S. The predicted octanol–water partition coefficient (Wildman–Crippen LogP) is 7.31. The molecule has 0 bridgehead atoms. The Bertz CT molecular complexity index is 2540. The number of nitrogens with one attached hydrogen (secondary N) is 3. The van der Waals surface area contributed by atoms with Crippen LogP contribution in [0, 0.1) is 35.4 Å². The summed E-state index contributed by atoms with van der Waals surface area (Å²) in [6, 6.07) is 9.65. The minimum atomic E-state index is -3.96. The summed E-state index contributed by atoms with van der Waals surface area (Å²) in [6.07, 6.45) is 7.64. The number of sulfonamides is 1. The van der Waals surface area contributed by atoms with E-state index in [2.05, 4.69) is 22.3 Å². The van der Waals surface area contributed by atoms with E-state index in [4.69, 9.17) is 23.9 Å². The third-order valence-electron chi connectivity index (χ3n) is 14.2. The Kier molecular flexibility index (Phi) is 12.4. The standard InChI is InChI=1S/C49H60FN5O10S.3H2/c1-26(2)63-34-12-10-29(11-13-34)40-20-32-21-42(62-5)39(50)23-38(32)45(51-40)64-36-22-41-44(56)53-49(47(58)54-66(60,61)37-14-15-37)24-33(49)9-7-6-8-27(3)16-28(4)43(46(57)55(41)25-36)52-48(59)65-35-18-30-17-31(30)19-35;;;/h7,9-13,20-21,23,26-28,30-31,33,35-37,41,43H,6,8,14-19,22,24-25H2,1-5H3,(H,52,59)(H,53,56)(H,54,58);3*1H/b9-7-;;;/t27-,28-,30?,31?,33-,35?,36-,41+,43+,49-;;;/m1.../s1. The van der Waals surface area contributed by atoms with E-state index in [0.29, 0.717) is 65.3 Å². The van der Waals surface area contributed by atoms with Crippen molar-refractivity contribution in [3.63, 3.8) is 0 Å². The molecule has 4 aliphatic carbocycles. The summed E-state index contributed by atoms with van der Waals surface area (Å²) in [6.45, 7) is 7.71. The molecule has 1 saturated heterocycles. The lowest BCUT2D eigenvalue weighted by Gasteiger charge is -2.33. The van der Waals surface area contributed by atoms with Crippen molar-refractivity contribution in [3.05, 3.63) is 60.4 Å². The van der Waals surface area contributed by atoms with Crippen LogP contribution in [-0.4, -0.2) is 97.0 Å². The van der Waals surface area contributed by atoms with Crippen LogP contribution < -0.4 is 29.6 Å². The van der Waals surface area contributed by atoms with E-state index >= 15 is 9.18 Å². The van der Waals surface area contributed by atoms with Gasteiger partial charge in [0.2, 0.25) is 27.7 Å². The summed E-state index contributed by atoms with van der Waals surface area (Å²) < 4.78 is 67.5. The number of alkyl carbamates (subject to hydrolysis) is 1. The fraction of sp³-hybridized carbons (Fsp3) is 0.571. The number of ether oxygens (including phenoxy) is 4. The zero-order valence-corrected chi connectivity index (χ0v) is 38.9. The SMILES string of the molecule is COc1cc2cc(-c3ccc(OC(C)C)cc3)nc(O[C@@H]3C[C@H]4C(=O)N[C@]5(C(=O)NS(=O)(=O)C6CC6)C[C@H]5/C=C\CC[C@@H](C)C[C@@H](C)[C@H](NC(=O)OC5CC6CC6C5)C(=O)N4C3)c2cc1F.[HH].[HH].[HH]. The fourth-order valence-corrected chi connectivity index (χ4v) is 11.7. The predicted molar refractivity (Wildman–Crippen MR) is 249 cm³/mol. The normalized spacial score (nSPS) is 31.3. The number of methoxy groups -OCH3 is 1. The largest absolute Gasteiger partial charge is 0.494 e. The molecule has 2 aliphatic heterocycles. The molecule has 9 atom stereocenters. The number of carbonyl (C=O) groups excluding carboxylic acids is 4. The summed E-state index contributed by atoms with van der Waals surface area (Å²) in [5.41, 5.74) is -0.366. The second-order valence-electron chi connectivity index (χ2n) is 19.8. The van der Waals surface area contributed by atoms with E-state index in [-0.39, 0.29) is 59.3 Å². The molecule has 2 unspecified atom stereocenters. The van der Waals surface area contributed by atoms with Crippen molar-refractivity contribution in [2.45, 2.75) is 133 Å². The molecule has 4 amide bonds. The minimum Gasteiger partial charge on any atom is -0.494 e. The maximum Gasteiger partial charge on any atom is 0.408 e. The van der Waals surface area contributed by atoms with Gasteiger partial charge in [0.25, 0.3) is 5.91 Å². The van der Waals surface area contributed by atoms with Gasteiger partial charge in [-0.05, 0) is 143 Å². The van der Waals surface area contributed by atoms with Crippen molar-refractivity contribution >= 4 is 44.6 Å². The molecule has 3 N–H and O–H groups in total. The van der Waals surface area contributed by atoms with Gasteiger partial charge in [-0.25, -0.2) is 22.6 Å². The number of allylic oxidation sites excluding steroid dienone is 1. The number of hydrogen-bond donors (Lipinski definition) is 3. The zero-order valence-electron chi connectivity index (χ0n) is 38.1. The highest BCUT2D eigenvalue weighted by Gasteiger charge is 2.62. The molecule has 5 fully saturated rings. The van der Waals surface area contributed by atoms with Gasteiger partial charge in [0, 0.05) is 27.6 Å². The van der Waals surface area contributed by atoms with Crippen LogP contribution in [-0.2, 0) is 29.1 Å². The molecule has 3 aromatic rings. The van der Waals surface area contributed by atoms with E-state index in [1.54, 1.807) is 12.1 Å². The van der Waals surface area contributed by atoms with Gasteiger partial charge in [-0.1, -0.05) is 26.0 Å². The topological polar surface area (TPSA) is 192 Å². The Morgan fingerprint density at radius 3 is 2.42 bits per heavy atom. The monoisotopic (exact) mass is 935 g/mol. The van der Waals surface area contributed by atoms with Gasteiger partial charge >= 0.3 is 6.09 Å². The first-order valence-electron chi connectivity index (χ1n) is 23.4. The molecule has 17 heteroatoms. The minimum absolute atomic E-state index is 0. The Balaban J connectivity index is 0.00000261. The Morgan fingerprint density at radius 1 is 0.985 bits per heavy atom. The quantitative estimate of drug-likeness (QED) is 0.163. The number of benzene rings is 2. The summed E-state index contributed by atoms with van der Waals surface area (Å²) in [7, 11) is -2.58. The fourth-order valence-electron chi connectivity index (χ4n) is 10.3. The van der Waals surface area contributed by atoms with E-state index < -0.39 is 74.5 Å². The van der Waals surface area contributed by atoms with Crippen LogP contribution in [0.5, 0.6) is 17.4 Å². The van der Waals surface area contributed by atoms with Gasteiger partial charge in [-0.2, -0.15) is 0 Å². The highest BCUT2D eigenvalue weighted by Crippen LogP contribution is 2.52. The highest BCUT2D eigenvalue weighted by atomic mass is 32.2. The number of amides is 4. The average Bonchev–Trinajstić information content (AvgIpc) is 4.23. The Morgan fingerprint density at radius 2 is 1.73 bits per heavy atom. The first-order valence-corrected chi connectivity index (χ1v) is 25.0. The van der Waals surface area contributed by atoms with Crippen molar-refractivity contribution in [3.8, 4) is 28.6 Å². The molecule has 4 saturated carbocycles. The van der Waals surface area contributed by atoms with Crippen LogP contribution in [0.1, 0.15) is 96.2 Å². The lowest BCUT2D eigenvalue weighted by molar-refractivity contribution is -0.142. The number of carbonyl (C=O) groups is 4. The third-order valence-corrected chi connectivity index (χ3v) is 16.1. The number of halogens is 1. The lowest BCUT2D eigenvalue weighted by Crippen LogP contribution is -2.59. The summed E-state index contributed by atoms with van der Waals surface area (Å²) in [5, 5.41) is 6.03. The molecule has 15 nitrogen and oxygen atoms in total. The van der Waals surface area contributed by atoms with Gasteiger partial charge in [-0.3, -0.25) is 19.1 Å². The van der Waals surface area contributed by atoms with Crippen molar-refractivity contribution in [1.29, 1.82) is 0 Å². The molecule has 1 aromatic heterocycles. The second-order valence-corrected chi connectivity index (χ2v) is 21.8. The van der Waals surface area contributed by atoms with Crippen LogP contribution in [0.4, 0.5) is 9.18 Å². The molecule has 9 rings (SSSR count). The maximum absolute atomic E-state index is 15.5. The van der Waals surface area contributed by atoms with Crippen LogP contribution in [0.25, 0.3) is 22.0 Å². The highest BCUT2D eigenvalue weighted by molar-refractivity contribution is 7.91. The zero-order chi connectivity index (χ0) is 46.7. The first-order chi connectivity index (χ1) is 31.5. The van der Waals surface area contributed by atoms with Crippen molar-refractivity contribution in [1.82, 2.24) is 25.2 Å². The van der Waals surface area contributed by atoms with Gasteiger partial charge in [0.05, 0.1) is 30.7 Å². The van der Waals surface area contributed by atoms with Crippen molar-refractivity contribution < 1.29 is 55.2 Å². The number of fused-ring (bicyclic) bond motifs is 4. The van der Waals surface area contributed by atoms with Gasteiger partial charge in [0.15, 0.2) is 11.6 Å². The van der Waals surface area contributed by atoms with Gasteiger partial charge < -0.3 is 34.5 Å². The molecule has 2 aromatic carbocycles. The molecule has 0 spiro atoms. The van der Waals surface area contributed by atoms with E-state index in [1.807, 2.05) is 57.2 Å². The Labute approximate surface area is 389 Å². The van der Waals surface area contributed by atoms with Crippen molar-refractivity contribution in [2.24, 2.45) is 29.6 Å². The molecule has 3 heterocycles.